The van der Waals surface area contributed by atoms with E-state index in [4.69, 9.17) is 0 Å². The summed E-state index contributed by atoms with van der Waals surface area (Å²) in [5.41, 5.74) is 5.49. The van der Waals surface area contributed by atoms with Crippen LogP contribution >= 0.6 is 0 Å². The summed E-state index contributed by atoms with van der Waals surface area (Å²) in [7, 11) is 0. The first-order chi connectivity index (χ1) is 14.4. The number of aryl methyl sites for hydroxylation is 2. The minimum absolute atomic E-state index is 0.170. The summed E-state index contributed by atoms with van der Waals surface area (Å²) < 4.78 is 0. The molecular formula is C25H29N3O2. The Balaban J connectivity index is 1.65. The van der Waals surface area contributed by atoms with E-state index in [0.717, 1.165) is 24.2 Å². The Labute approximate surface area is 178 Å². The van der Waals surface area contributed by atoms with Crippen molar-refractivity contribution in [3.63, 3.8) is 0 Å². The zero-order valence-electron chi connectivity index (χ0n) is 18.2. The van der Waals surface area contributed by atoms with Gasteiger partial charge in [-0.3, -0.25) is 14.5 Å². The van der Waals surface area contributed by atoms with Crippen LogP contribution in [-0.4, -0.2) is 53.8 Å². The van der Waals surface area contributed by atoms with E-state index in [-0.39, 0.29) is 17.9 Å². The fourth-order valence-electron chi connectivity index (χ4n) is 4.29. The Bertz CT molecular complexity index is 999. The molecule has 0 bridgehead atoms. The molecule has 2 aromatic carbocycles. The van der Waals surface area contributed by atoms with Crippen LogP contribution in [0.25, 0.3) is 5.57 Å². The van der Waals surface area contributed by atoms with Crippen molar-refractivity contribution in [2.24, 2.45) is 0 Å². The van der Waals surface area contributed by atoms with Crippen LogP contribution < -0.4 is 4.90 Å². The van der Waals surface area contributed by atoms with Gasteiger partial charge in [-0.1, -0.05) is 42.0 Å². The van der Waals surface area contributed by atoms with Crippen molar-refractivity contribution in [3.8, 4) is 0 Å². The predicted molar refractivity (Wildman–Crippen MR) is 120 cm³/mol. The van der Waals surface area contributed by atoms with Crippen LogP contribution in [0.5, 0.6) is 0 Å². The number of carbonyl (C=O) groups excluding carboxylic acids is 2. The molecular weight excluding hydrogens is 374 g/mol. The molecule has 2 heterocycles. The van der Waals surface area contributed by atoms with Crippen molar-refractivity contribution in [3.05, 3.63) is 70.9 Å². The molecule has 0 unspecified atom stereocenters. The average Bonchev–Trinajstić information content (AvgIpc) is 2.99. The number of imide groups is 1. The second kappa shape index (κ2) is 7.98. The minimum atomic E-state index is -0.185. The Kier molecular flexibility index (Phi) is 5.37. The number of nitrogens with zero attached hydrogens (tertiary/aromatic N) is 3. The van der Waals surface area contributed by atoms with Gasteiger partial charge in [0.1, 0.15) is 5.70 Å². The SMILES string of the molecule is Cc1ccc(C2=C(N3CCN(c4cccc(C)c4)CC3)C(=O)N(C(C)C)C2=O)cc1. The average molecular weight is 404 g/mol. The summed E-state index contributed by atoms with van der Waals surface area (Å²) >= 11 is 0. The zero-order valence-corrected chi connectivity index (χ0v) is 18.2. The van der Waals surface area contributed by atoms with Gasteiger partial charge in [-0.05, 0) is 51.0 Å². The number of carbonyl (C=O) groups is 2. The Morgan fingerprint density at radius 1 is 0.767 bits per heavy atom. The lowest BCUT2D eigenvalue weighted by molar-refractivity contribution is -0.139. The van der Waals surface area contributed by atoms with Gasteiger partial charge in [-0.2, -0.15) is 0 Å². The van der Waals surface area contributed by atoms with Crippen LogP contribution in [-0.2, 0) is 9.59 Å². The standard InChI is InChI=1S/C25H29N3O2/c1-17(2)28-24(29)22(20-10-8-18(3)9-11-20)23(25(28)30)27-14-12-26(13-15-27)21-7-5-6-19(4)16-21/h5-11,16-17H,12-15H2,1-4H3. The van der Waals surface area contributed by atoms with Crippen LogP contribution in [0.4, 0.5) is 5.69 Å². The monoisotopic (exact) mass is 403 g/mol. The third-order valence-electron chi connectivity index (χ3n) is 5.91. The van der Waals surface area contributed by atoms with Gasteiger partial charge in [-0.25, -0.2) is 0 Å². The maximum absolute atomic E-state index is 13.3. The second-order valence-corrected chi connectivity index (χ2v) is 8.48. The molecule has 0 aromatic heterocycles. The molecule has 5 nitrogen and oxygen atoms in total. The van der Waals surface area contributed by atoms with Gasteiger partial charge in [0.2, 0.25) is 0 Å². The molecule has 2 aliphatic heterocycles. The van der Waals surface area contributed by atoms with E-state index in [1.54, 1.807) is 0 Å². The number of hydrogen-bond acceptors (Lipinski definition) is 4. The van der Waals surface area contributed by atoms with Gasteiger partial charge in [0.15, 0.2) is 0 Å². The highest BCUT2D eigenvalue weighted by molar-refractivity contribution is 6.35. The molecule has 0 spiro atoms. The minimum Gasteiger partial charge on any atom is -0.368 e. The highest BCUT2D eigenvalue weighted by atomic mass is 16.2. The van der Waals surface area contributed by atoms with E-state index in [0.29, 0.717) is 24.4 Å². The van der Waals surface area contributed by atoms with Crippen molar-refractivity contribution in [2.45, 2.75) is 33.7 Å². The van der Waals surface area contributed by atoms with Gasteiger partial charge in [0.25, 0.3) is 11.8 Å². The lowest BCUT2D eigenvalue weighted by Gasteiger charge is -2.38. The molecule has 156 valence electrons. The fraction of sp³-hybridized carbons (Fsp3) is 0.360. The maximum atomic E-state index is 13.3. The fourth-order valence-corrected chi connectivity index (χ4v) is 4.29. The van der Waals surface area contributed by atoms with Crippen molar-refractivity contribution >= 4 is 23.1 Å². The maximum Gasteiger partial charge on any atom is 0.278 e. The molecule has 0 atom stereocenters. The Morgan fingerprint density at radius 2 is 1.40 bits per heavy atom. The van der Waals surface area contributed by atoms with Gasteiger partial charge in [-0.15, -0.1) is 0 Å². The van der Waals surface area contributed by atoms with Crippen molar-refractivity contribution < 1.29 is 9.59 Å². The van der Waals surface area contributed by atoms with E-state index in [1.165, 1.54) is 16.2 Å². The number of hydrogen-bond donors (Lipinski definition) is 0. The summed E-state index contributed by atoms with van der Waals surface area (Å²) in [6.07, 6.45) is 0. The molecule has 2 amide bonds. The third-order valence-corrected chi connectivity index (χ3v) is 5.91. The first-order valence-electron chi connectivity index (χ1n) is 10.6. The van der Waals surface area contributed by atoms with Crippen LogP contribution in [0, 0.1) is 13.8 Å². The highest BCUT2D eigenvalue weighted by Gasteiger charge is 2.43. The van der Waals surface area contributed by atoms with Gasteiger partial charge in [0.05, 0.1) is 5.57 Å². The summed E-state index contributed by atoms with van der Waals surface area (Å²) in [6, 6.07) is 16.2. The molecule has 5 heteroatoms. The molecule has 4 rings (SSSR count). The van der Waals surface area contributed by atoms with Crippen LogP contribution in [0.2, 0.25) is 0 Å². The summed E-state index contributed by atoms with van der Waals surface area (Å²) in [5.74, 6) is -0.357. The van der Waals surface area contributed by atoms with Crippen molar-refractivity contribution in [1.82, 2.24) is 9.80 Å². The molecule has 1 fully saturated rings. The van der Waals surface area contributed by atoms with Crippen molar-refractivity contribution in [2.75, 3.05) is 31.1 Å². The largest absolute Gasteiger partial charge is 0.368 e. The lowest BCUT2D eigenvalue weighted by Crippen LogP contribution is -2.48. The first-order valence-corrected chi connectivity index (χ1v) is 10.6. The van der Waals surface area contributed by atoms with Crippen LogP contribution in [0.15, 0.2) is 54.2 Å². The molecule has 30 heavy (non-hydrogen) atoms. The third kappa shape index (κ3) is 3.60. The molecule has 0 N–H and O–H groups in total. The lowest BCUT2D eigenvalue weighted by atomic mass is 10.0. The molecule has 2 aliphatic rings. The quantitative estimate of drug-likeness (QED) is 0.732. The van der Waals surface area contributed by atoms with Gasteiger partial charge < -0.3 is 9.80 Å². The van der Waals surface area contributed by atoms with Crippen molar-refractivity contribution in [1.29, 1.82) is 0 Å². The number of benzene rings is 2. The van der Waals surface area contributed by atoms with Gasteiger partial charge >= 0.3 is 0 Å². The molecule has 2 aromatic rings. The van der Waals surface area contributed by atoms with Crippen LogP contribution in [0.3, 0.4) is 0 Å². The normalized spacial score (nSPS) is 17.6. The Morgan fingerprint density at radius 3 is 2.00 bits per heavy atom. The van der Waals surface area contributed by atoms with E-state index in [2.05, 4.69) is 41.0 Å². The summed E-state index contributed by atoms with van der Waals surface area (Å²) in [4.78, 5) is 32.4. The van der Waals surface area contributed by atoms with E-state index >= 15 is 0 Å². The van der Waals surface area contributed by atoms with E-state index in [1.807, 2.05) is 45.0 Å². The highest BCUT2D eigenvalue weighted by Crippen LogP contribution is 2.33. The molecule has 0 aliphatic carbocycles. The predicted octanol–water partition coefficient (Wildman–Crippen LogP) is 3.61. The molecule has 0 radical (unpaired) electrons. The van der Waals surface area contributed by atoms with E-state index < -0.39 is 0 Å². The first kappa shape index (κ1) is 20.2. The molecule has 1 saturated heterocycles. The van der Waals surface area contributed by atoms with E-state index in [9.17, 15) is 9.59 Å². The smallest absolute Gasteiger partial charge is 0.278 e. The zero-order chi connectivity index (χ0) is 21.4. The molecule has 0 saturated carbocycles. The topological polar surface area (TPSA) is 43.9 Å². The second-order valence-electron chi connectivity index (χ2n) is 8.48. The van der Waals surface area contributed by atoms with Crippen LogP contribution in [0.1, 0.15) is 30.5 Å². The number of amides is 2. The number of anilines is 1. The van der Waals surface area contributed by atoms with Gasteiger partial charge in [0, 0.05) is 37.9 Å². The summed E-state index contributed by atoms with van der Waals surface area (Å²) in [6.45, 7) is 11.0. The Hall–Kier alpha value is -3.08. The number of rotatable bonds is 4. The number of piperazine rings is 1. The summed E-state index contributed by atoms with van der Waals surface area (Å²) in [5, 5.41) is 0.